The highest BCUT2D eigenvalue weighted by Gasteiger charge is 2.25. The smallest absolute Gasteiger partial charge is 0.159 e. The second-order valence-corrected chi connectivity index (χ2v) is 7.08. The van der Waals surface area contributed by atoms with Crippen LogP contribution < -0.4 is 48.0 Å². The molecule has 0 saturated heterocycles. The van der Waals surface area contributed by atoms with Crippen molar-refractivity contribution >= 4 is 11.0 Å². The summed E-state index contributed by atoms with van der Waals surface area (Å²) < 4.78 is 8.01. The summed E-state index contributed by atoms with van der Waals surface area (Å²) in [6.07, 6.45) is 0. The number of nitrogens with zero attached hydrogens (tertiary/aromatic N) is 2. The molecule has 22 heavy (non-hydrogen) atoms. The van der Waals surface area contributed by atoms with E-state index in [4.69, 9.17) is 4.42 Å². The lowest BCUT2D eigenvalue weighted by molar-refractivity contribution is -0.956. The largest absolute Gasteiger partial charge is 1.00 e. The van der Waals surface area contributed by atoms with Crippen molar-refractivity contribution in [3.05, 3.63) is 36.1 Å². The number of fused-ring (bicyclic) bond motifs is 1. The van der Waals surface area contributed by atoms with Gasteiger partial charge < -0.3 is 61.3 Å². The Hall–Kier alpha value is 0.140. The molecule has 0 amide bonds. The number of benzene rings is 1. The molecule has 0 saturated carbocycles. The second kappa shape index (κ2) is 8.84. The van der Waals surface area contributed by atoms with E-state index in [1.54, 1.807) is 0 Å². The van der Waals surface area contributed by atoms with Crippen molar-refractivity contribution in [3.8, 4) is 0 Å². The Morgan fingerprint density at radius 3 is 2.14 bits per heavy atom. The first-order valence-electron chi connectivity index (χ1n) is 7.43. The first kappa shape index (κ1) is 22.1. The fourth-order valence-electron chi connectivity index (χ4n) is 2.38. The molecule has 1 aromatic heterocycles. The number of hydrogen-bond acceptors (Lipinski definition) is 1. The predicted molar refractivity (Wildman–Crippen MR) is 84.4 cm³/mol. The van der Waals surface area contributed by atoms with Gasteiger partial charge in [-0.1, -0.05) is 18.2 Å². The predicted octanol–water partition coefficient (Wildman–Crippen LogP) is -2.89. The average Bonchev–Trinajstić information content (AvgIpc) is 2.77. The zero-order valence-electron chi connectivity index (χ0n) is 14.3. The van der Waals surface area contributed by atoms with Crippen LogP contribution in [-0.4, -0.2) is 56.8 Å². The van der Waals surface area contributed by atoms with Gasteiger partial charge in [-0.25, -0.2) is 0 Å². The van der Waals surface area contributed by atoms with Gasteiger partial charge in [0.05, 0.1) is 34.7 Å². The topological polar surface area (TPSA) is 13.1 Å². The van der Waals surface area contributed by atoms with Crippen molar-refractivity contribution in [1.82, 2.24) is 0 Å². The fourth-order valence-corrected chi connectivity index (χ4v) is 2.38. The van der Waals surface area contributed by atoms with E-state index in [0.717, 1.165) is 39.9 Å². The molecule has 1 aromatic carbocycles. The van der Waals surface area contributed by atoms with Gasteiger partial charge in [-0.3, -0.25) is 0 Å². The lowest BCUT2D eigenvalue weighted by Gasteiger charge is -2.35. The van der Waals surface area contributed by atoms with Crippen LogP contribution in [0.5, 0.6) is 0 Å². The number of hydrogen-bond donors (Lipinski definition) is 0. The highest BCUT2D eigenvalue weighted by atomic mass is 127. The number of likely N-dealkylation sites (N-methyl/N-ethyl adjacent to an activating group) is 2. The lowest BCUT2D eigenvalue weighted by Crippen LogP contribution is -3.00. The maximum Gasteiger partial charge on any atom is 0.159 e. The quantitative estimate of drug-likeness (QED) is 0.289. The second-order valence-electron chi connectivity index (χ2n) is 7.08. The first-order valence-corrected chi connectivity index (χ1v) is 7.43. The van der Waals surface area contributed by atoms with Crippen LogP contribution in [0.25, 0.3) is 11.0 Å². The standard InChI is InChI=1S/C17H28N2O.2HI/c1-6-19(5,12-11-18(2,3)4)14-16-13-15-9-7-8-10-17(15)20-16;;/h7-10,13H,6,11-12,14H2,1-5H3;2*1H/q+2;;/p-2. The van der Waals surface area contributed by atoms with Gasteiger partial charge in [0.1, 0.15) is 25.2 Å². The van der Waals surface area contributed by atoms with Gasteiger partial charge in [-0.05, 0) is 19.1 Å². The highest BCUT2D eigenvalue weighted by Crippen LogP contribution is 2.22. The van der Waals surface area contributed by atoms with E-state index in [-0.39, 0.29) is 48.0 Å². The van der Waals surface area contributed by atoms with E-state index in [2.05, 4.69) is 53.3 Å². The summed E-state index contributed by atoms with van der Waals surface area (Å²) in [4.78, 5) is 0. The maximum atomic E-state index is 5.98. The van der Waals surface area contributed by atoms with Gasteiger partial charge >= 0.3 is 0 Å². The van der Waals surface area contributed by atoms with E-state index < -0.39 is 0 Å². The van der Waals surface area contributed by atoms with Gasteiger partial charge in [0.15, 0.2) is 5.76 Å². The molecule has 1 heterocycles. The van der Waals surface area contributed by atoms with Crippen molar-refractivity contribution in [2.24, 2.45) is 0 Å². The van der Waals surface area contributed by atoms with E-state index >= 15 is 0 Å². The molecule has 2 rings (SSSR count). The number of rotatable bonds is 6. The van der Waals surface area contributed by atoms with Crippen LogP contribution in [0, 0.1) is 0 Å². The lowest BCUT2D eigenvalue weighted by atomic mass is 10.2. The molecule has 0 aliphatic heterocycles. The molecule has 0 aliphatic rings. The summed E-state index contributed by atoms with van der Waals surface area (Å²) in [6, 6.07) is 10.4. The summed E-state index contributed by atoms with van der Waals surface area (Å²) in [5.74, 6) is 1.09. The van der Waals surface area contributed by atoms with Gasteiger partial charge in [0.25, 0.3) is 0 Å². The SMILES string of the molecule is CC[N+](C)(CC[N+](C)(C)C)Cc1cc2ccccc2o1.[I-].[I-]. The number of quaternary nitrogens is 2. The summed E-state index contributed by atoms with van der Waals surface area (Å²) in [5.41, 5.74) is 0.997. The molecule has 126 valence electrons. The third-order valence-corrected chi connectivity index (χ3v) is 4.09. The Morgan fingerprint density at radius 2 is 1.59 bits per heavy atom. The van der Waals surface area contributed by atoms with Crippen molar-refractivity contribution in [1.29, 1.82) is 0 Å². The van der Waals surface area contributed by atoms with Crippen LogP contribution in [0.2, 0.25) is 0 Å². The van der Waals surface area contributed by atoms with E-state index in [1.165, 1.54) is 11.9 Å². The van der Waals surface area contributed by atoms with Crippen molar-refractivity contribution < 1.29 is 61.3 Å². The Kier molecular flexibility index (Phi) is 8.90. The van der Waals surface area contributed by atoms with Crippen LogP contribution in [0.1, 0.15) is 12.7 Å². The maximum absolute atomic E-state index is 5.98. The summed E-state index contributed by atoms with van der Waals surface area (Å²) >= 11 is 0. The molecule has 0 aliphatic carbocycles. The van der Waals surface area contributed by atoms with E-state index in [9.17, 15) is 0 Å². The van der Waals surface area contributed by atoms with Crippen LogP contribution in [0.3, 0.4) is 0 Å². The minimum absolute atomic E-state index is 0. The van der Waals surface area contributed by atoms with Gasteiger partial charge in [-0.2, -0.15) is 0 Å². The number of furan rings is 1. The third-order valence-electron chi connectivity index (χ3n) is 4.09. The molecule has 2 aromatic rings. The van der Waals surface area contributed by atoms with Crippen molar-refractivity contribution in [3.63, 3.8) is 0 Å². The van der Waals surface area contributed by atoms with Gasteiger partial charge in [-0.15, -0.1) is 0 Å². The average molecular weight is 530 g/mol. The number of halogens is 2. The van der Waals surface area contributed by atoms with Gasteiger partial charge in [0, 0.05) is 5.39 Å². The molecule has 1 unspecified atom stereocenters. The normalized spacial score (nSPS) is 14.0. The van der Waals surface area contributed by atoms with Crippen molar-refractivity contribution in [2.45, 2.75) is 13.5 Å². The minimum Gasteiger partial charge on any atom is -1.00 e. The molecule has 0 spiro atoms. The molecule has 1 atom stereocenters. The Balaban J connectivity index is 0.00000220. The molecular weight excluding hydrogens is 502 g/mol. The van der Waals surface area contributed by atoms with Crippen LogP contribution in [0.4, 0.5) is 0 Å². The van der Waals surface area contributed by atoms with Crippen molar-refractivity contribution in [2.75, 3.05) is 47.8 Å². The summed E-state index contributed by atoms with van der Waals surface area (Å²) in [6.45, 7) is 6.68. The molecule has 0 bridgehead atoms. The summed E-state index contributed by atoms with van der Waals surface area (Å²) in [5, 5.41) is 1.21. The molecule has 5 heteroatoms. The zero-order chi connectivity index (χ0) is 14.8. The fraction of sp³-hybridized carbons (Fsp3) is 0.529. The van der Waals surface area contributed by atoms with E-state index in [1.807, 2.05) is 12.1 Å². The molecule has 0 N–H and O–H groups in total. The molecular formula is C17H28I2N2O. The molecule has 3 nitrogen and oxygen atoms in total. The minimum atomic E-state index is 0. The van der Waals surface area contributed by atoms with Crippen LogP contribution in [-0.2, 0) is 6.54 Å². The zero-order valence-corrected chi connectivity index (χ0v) is 18.6. The van der Waals surface area contributed by atoms with E-state index in [0.29, 0.717) is 0 Å². The Morgan fingerprint density at radius 1 is 0.955 bits per heavy atom. The first-order chi connectivity index (χ1) is 9.31. The number of para-hydroxylation sites is 1. The monoisotopic (exact) mass is 530 g/mol. The molecule has 0 fully saturated rings. The van der Waals surface area contributed by atoms with Gasteiger partial charge in [0.2, 0.25) is 0 Å². The van der Waals surface area contributed by atoms with Crippen LogP contribution >= 0.6 is 0 Å². The third kappa shape index (κ3) is 6.33. The highest BCUT2D eigenvalue weighted by molar-refractivity contribution is 5.77. The molecule has 0 radical (unpaired) electrons. The Labute approximate surface area is 168 Å². The summed E-state index contributed by atoms with van der Waals surface area (Å²) in [7, 11) is 9.08. The Bertz CT molecular complexity index is 544. The van der Waals surface area contributed by atoms with Crippen LogP contribution in [0.15, 0.2) is 34.7 Å².